The predicted octanol–water partition coefficient (Wildman–Crippen LogP) is 4.07. The van der Waals surface area contributed by atoms with Crippen molar-refractivity contribution in [1.29, 1.82) is 0 Å². The molecule has 100 valence electrons. The van der Waals surface area contributed by atoms with E-state index >= 15 is 0 Å². The van der Waals surface area contributed by atoms with Crippen molar-refractivity contribution >= 4 is 11.6 Å². The Hall–Kier alpha value is -1.31. The first kappa shape index (κ1) is 14.1. The normalized spacial score (nSPS) is 12.4. The lowest BCUT2D eigenvalue weighted by atomic mass is 9.97. The van der Waals surface area contributed by atoms with Crippen LogP contribution in [0.15, 0.2) is 42.5 Å². The van der Waals surface area contributed by atoms with Gasteiger partial charge in [0, 0.05) is 11.1 Å². The molecule has 2 aromatic carbocycles. The maximum Gasteiger partial charge on any atom is 0.0438 e. The maximum absolute atomic E-state index is 6.24. The fraction of sp³-hybridized carbons (Fsp3) is 0.294. The minimum atomic E-state index is 0.0991. The second-order valence-electron chi connectivity index (χ2n) is 5.18. The van der Waals surface area contributed by atoms with Gasteiger partial charge in [-0.05, 0) is 55.0 Å². The number of benzene rings is 2. The number of hydrogen-bond acceptors (Lipinski definition) is 1. The minimum absolute atomic E-state index is 0.0991. The lowest BCUT2D eigenvalue weighted by molar-refractivity contribution is 0.664. The van der Waals surface area contributed by atoms with Gasteiger partial charge in [0.25, 0.3) is 0 Å². The van der Waals surface area contributed by atoms with E-state index in [-0.39, 0.29) is 6.04 Å². The van der Waals surface area contributed by atoms with Gasteiger partial charge in [0.1, 0.15) is 0 Å². The third kappa shape index (κ3) is 3.82. The summed E-state index contributed by atoms with van der Waals surface area (Å²) in [4.78, 5) is 0. The van der Waals surface area contributed by atoms with E-state index in [4.69, 9.17) is 17.3 Å². The summed E-state index contributed by atoms with van der Waals surface area (Å²) in [6, 6.07) is 14.6. The molecule has 0 aliphatic carbocycles. The first-order valence-corrected chi connectivity index (χ1v) is 6.99. The molecule has 0 aliphatic rings. The number of halogens is 1. The quantitative estimate of drug-likeness (QED) is 0.893. The average molecular weight is 274 g/mol. The monoisotopic (exact) mass is 273 g/mol. The van der Waals surface area contributed by atoms with Crippen LogP contribution in [0.3, 0.4) is 0 Å². The molecule has 0 fully saturated rings. The smallest absolute Gasteiger partial charge is 0.0438 e. The lowest BCUT2D eigenvalue weighted by Crippen LogP contribution is -2.25. The first-order valence-electron chi connectivity index (χ1n) is 6.61. The molecule has 0 heterocycles. The van der Waals surface area contributed by atoms with E-state index in [0.29, 0.717) is 0 Å². The number of rotatable bonds is 4. The van der Waals surface area contributed by atoms with E-state index in [2.05, 4.69) is 32.0 Å². The Morgan fingerprint density at radius 1 is 1.00 bits per heavy atom. The van der Waals surface area contributed by atoms with Gasteiger partial charge in [-0.2, -0.15) is 0 Å². The summed E-state index contributed by atoms with van der Waals surface area (Å²) in [5, 5.41) is 0.804. The van der Waals surface area contributed by atoms with Crippen LogP contribution in [0.1, 0.15) is 22.3 Å². The molecule has 0 aliphatic heterocycles. The van der Waals surface area contributed by atoms with Gasteiger partial charge in [-0.15, -0.1) is 0 Å². The van der Waals surface area contributed by atoms with Crippen molar-refractivity contribution < 1.29 is 0 Å². The van der Waals surface area contributed by atoms with Gasteiger partial charge in [-0.3, -0.25) is 0 Å². The van der Waals surface area contributed by atoms with Crippen LogP contribution in [0.5, 0.6) is 0 Å². The largest absolute Gasteiger partial charge is 0.327 e. The van der Waals surface area contributed by atoms with Crippen LogP contribution in [0, 0.1) is 13.8 Å². The van der Waals surface area contributed by atoms with E-state index in [1.165, 1.54) is 16.7 Å². The van der Waals surface area contributed by atoms with Gasteiger partial charge in [0.15, 0.2) is 0 Å². The molecular formula is C17H20ClN. The molecule has 0 saturated carbocycles. The van der Waals surface area contributed by atoms with E-state index in [0.717, 1.165) is 23.4 Å². The van der Waals surface area contributed by atoms with Crippen molar-refractivity contribution in [3.05, 3.63) is 69.7 Å². The zero-order chi connectivity index (χ0) is 13.8. The van der Waals surface area contributed by atoms with E-state index in [1.807, 2.05) is 24.3 Å². The predicted molar refractivity (Wildman–Crippen MR) is 82.8 cm³/mol. The van der Waals surface area contributed by atoms with Crippen LogP contribution in [-0.2, 0) is 12.8 Å². The molecule has 0 saturated heterocycles. The van der Waals surface area contributed by atoms with Crippen LogP contribution in [-0.4, -0.2) is 6.04 Å². The molecule has 1 unspecified atom stereocenters. The standard InChI is InChI=1S/C17H20ClN/c1-12-7-8-14(9-13(12)2)10-16(19)11-15-5-3-4-6-17(15)18/h3-9,16H,10-11,19H2,1-2H3. The van der Waals surface area contributed by atoms with Crippen molar-refractivity contribution in [3.8, 4) is 0 Å². The summed E-state index contributed by atoms with van der Waals surface area (Å²) in [7, 11) is 0. The van der Waals surface area contributed by atoms with Crippen LogP contribution in [0.4, 0.5) is 0 Å². The second kappa shape index (κ2) is 6.23. The van der Waals surface area contributed by atoms with Gasteiger partial charge < -0.3 is 5.73 Å². The van der Waals surface area contributed by atoms with Gasteiger partial charge in [0.2, 0.25) is 0 Å². The van der Waals surface area contributed by atoms with E-state index in [1.54, 1.807) is 0 Å². The Morgan fingerprint density at radius 3 is 2.42 bits per heavy atom. The molecule has 2 heteroatoms. The molecule has 2 rings (SSSR count). The molecule has 0 spiro atoms. The summed E-state index contributed by atoms with van der Waals surface area (Å²) < 4.78 is 0. The molecule has 1 nitrogen and oxygen atoms in total. The third-order valence-corrected chi connectivity index (χ3v) is 3.88. The molecule has 0 bridgehead atoms. The lowest BCUT2D eigenvalue weighted by Gasteiger charge is -2.14. The van der Waals surface area contributed by atoms with Gasteiger partial charge in [-0.1, -0.05) is 48.0 Å². The Balaban J connectivity index is 2.03. The Morgan fingerprint density at radius 2 is 1.74 bits per heavy atom. The van der Waals surface area contributed by atoms with Crippen molar-refractivity contribution in [1.82, 2.24) is 0 Å². The zero-order valence-electron chi connectivity index (χ0n) is 11.5. The Labute approximate surface area is 120 Å². The highest BCUT2D eigenvalue weighted by Gasteiger charge is 2.08. The van der Waals surface area contributed by atoms with Crippen LogP contribution >= 0.6 is 11.6 Å². The third-order valence-electron chi connectivity index (χ3n) is 3.51. The molecule has 2 aromatic rings. The van der Waals surface area contributed by atoms with E-state index < -0.39 is 0 Å². The number of aryl methyl sites for hydroxylation is 2. The maximum atomic E-state index is 6.24. The highest BCUT2D eigenvalue weighted by Crippen LogP contribution is 2.18. The first-order chi connectivity index (χ1) is 9.06. The van der Waals surface area contributed by atoms with Crippen molar-refractivity contribution in [3.63, 3.8) is 0 Å². The highest BCUT2D eigenvalue weighted by atomic mass is 35.5. The molecular weight excluding hydrogens is 254 g/mol. The number of nitrogens with two attached hydrogens (primary N) is 1. The second-order valence-corrected chi connectivity index (χ2v) is 5.59. The van der Waals surface area contributed by atoms with Gasteiger partial charge in [0.05, 0.1) is 0 Å². The van der Waals surface area contributed by atoms with Gasteiger partial charge >= 0.3 is 0 Å². The summed E-state index contributed by atoms with van der Waals surface area (Å²) >= 11 is 6.16. The minimum Gasteiger partial charge on any atom is -0.327 e. The van der Waals surface area contributed by atoms with Crippen LogP contribution in [0.25, 0.3) is 0 Å². The van der Waals surface area contributed by atoms with Crippen LogP contribution in [0.2, 0.25) is 5.02 Å². The van der Waals surface area contributed by atoms with Crippen LogP contribution < -0.4 is 5.73 Å². The highest BCUT2D eigenvalue weighted by molar-refractivity contribution is 6.31. The fourth-order valence-corrected chi connectivity index (χ4v) is 2.46. The molecule has 19 heavy (non-hydrogen) atoms. The number of hydrogen-bond donors (Lipinski definition) is 1. The summed E-state index contributed by atoms with van der Waals surface area (Å²) in [5.41, 5.74) is 11.3. The van der Waals surface area contributed by atoms with Gasteiger partial charge in [-0.25, -0.2) is 0 Å². The average Bonchev–Trinajstić information content (AvgIpc) is 2.37. The Bertz CT molecular complexity index is 563. The molecule has 2 N–H and O–H groups in total. The van der Waals surface area contributed by atoms with Crippen molar-refractivity contribution in [2.45, 2.75) is 32.7 Å². The summed E-state index contributed by atoms with van der Waals surface area (Å²) in [6.45, 7) is 4.27. The van der Waals surface area contributed by atoms with E-state index in [9.17, 15) is 0 Å². The fourth-order valence-electron chi connectivity index (χ4n) is 2.25. The zero-order valence-corrected chi connectivity index (χ0v) is 12.2. The topological polar surface area (TPSA) is 26.0 Å². The molecule has 0 amide bonds. The Kier molecular flexibility index (Phi) is 4.62. The van der Waals surface area contributed by atoms with Crippen molar-refractivity contribution in [2.24, 2.45) is 5.73 Å². The SMILES string of the molecule is Cc1ccc(CC(N)Cc2ccccc2Cl)cc1C. The molecule has 1 atom stereocenters. The van der Waals surface area contributed by atoms with Crippen molar-refractivity contribution in [2.75, 3.05) is 0 Å². The molecule has 0 aromatic heterocycles. The molecule has 0 radical (unpaired) electrons. The summed E-state index contributed by atoms with van der Waals surface area (Å²) in [5.74, 6) is 0. The summed E-state index contributed by atoms with van der Waals surface area (Å²) in [6.07, 6.45) is 1.69.